The number of esters is 1. The molecule has 1 amide bonds. The number of amides is 1. The topological polar surface area (TPSA) is 79.6 Å². The Balaban J connectivity index is 2.62. The fraction of sp³-hybridized carbons (Fsp3) is 0.357. The highest BCUT2D eigenvalue weighted by atomic mass is 16.5. The maximum atomic E-state index is 11.9. The van der Waals surface area contributed by atoms with Crippen molar-refractivity contribution >= 4 is 11.9 Å². The molecule has 20 heavy (non-hydrogen) atoms. The van der Waals surface area contributed by atoms with Crippen molar-refractivity contribution in [1.82, 2.24) is 4.90 Å². The van der Waals surface area contributed by atoms with Crippen LogP contribution in [0.2, 0.25) is 0 Å². The van der Waals surface area contributed by atoms with E-state index in [9.17, 15) is 9.59 Å². The van der Waals surface area contributed by atoms with Crippen molar-refractivity contribution in [3.63, 3.8) is 0 Å². The van der Waals surface area contributed by atoms with Gasteiger partial charge in [-0.25, -0.2) is 0 Å². The Bertz CT molecular complexity index is 522. The van der Waals surface area contributed by atoms with Crippen LogP contribution in [0.15, 0.2) is 24.3 Å². The number of hydrogen-bond donors (Lipinski definition) is 0. The van der Waals surface area contributed by atoms with E-state index < -0.39 is 5.97 Å². The largest absolute Gasteiger partial charge is 0.482 e. The summed E-state index contributed by atoms with van der Waals surface area (Å²) in [6.45, 7) is 1.78. The summed E-state index contributed by atoms with van der Waals surface area (Å²) in [5.41, 5.74) is 0.358. The highest BCUT2D eigenvalue weighted by Gasteiger charge is 2.16. The quantitative estimate of drug-likeness (QED) is 0.723. The van der Waals surface area contributed by atoms with Gasteiger partial charge >= 0.3 is 5.97 Å². The van der Waals surface area contributed by atoms with Crippen LogP contribution in [-0.2, 0) is 14.3 Å². The molecule has 0 aliphatic carbocycles. The number of hydrogen-bond acceptors (Lipinski definition) is 5. The van der Waals surface area contributed by atoms with Crippen LogP contribution in [0.4, 0.5) is 0 Å². The van der Waals surface area contributed by atoms with Crippen LogP contribution in [0.3, 0.4) is 0 Å². The highest BCUT2D eigenvalue weighted by molar-refractivity contribution is 5.83. The summed E-state index contributed by atoms with van der Waals surface area (Å²) >= 11 is 0. The third-order valence-electron chi connectivity index (χ3n) is 2.64. The van der Waals surface area contributed by atoms with E-state index in [0.29, 0.717) is 17.9 Å². The van der Waals surface area contributed by atoms with Crippen LogP contribution >= 0.6 is 0 Å². The molecule has 0 atom stereocenters. The molecule has 6 nitrogen and oxygen atoms in total. The maximum absolute atomic E-state index is 11.9. The minimum absolute atomic E-state index is 0.116. The van der Waals surface area contributed by atoms with Crippen LogP contribution < -0.4 is 4.74 Å². The minimum Gasteiger partial charge on any atom is -0.482 e. The average molecular weight is 276 g/mol. The molecule has 1 aromatic rings. The second kappa shape index (κ2) is 7.79. The first-order valence-corrected chi connectivity index (χ1v) is 6.08. The van der Waals surface area contributed by atoms with Crippen molar-refractivity contribution in [1.29, 1.82) is 5.26 Å². The lowest BCUT2D eigenvalue weighted by atomic mass is 10.2. The molecule has 1 rings (SSSR count). The number of para-hydroxylation sites is 1. The fourth-order valence-electron chi connectivity index (χ4n) is 1.51. The van der Waals surface area contributed by atoms with Crippen LogP contribution in [0, 0.1) is 11.3 Å². The van der Waals surface area contributed by atoms with E-state index in [1.807, 2.05) is 6.07 Å². The highest BCUT2D eigenvalue weighted by Crippen LogP contribution is 2.16. The van der Waals surface area contributed by atoms with Crippen LogP contribution in [0.25, 0.3) is 0 Å². The molecule has 0 heterocycles. The zero-order chi connectivity index (χ0) is 15.0. The van der Waals surface area contributed by atoms with E-state index in [2.05, 4.69) is 4.74 Å². The summed E-state index contributed by atoms with van der Waals surface area (Å²) in [4.78, 5) is 24.4. The van der Waals surface area contributed by atoms with Gasteiger partial charge in [0.1, 0.15) is 18.4 Å². The average Bonchev–Trinajstić information content (AvgIpc) is 2.50. The first-order chi connectivity index (χ1) is 9.62. The monoisotopic (exact) mass is 276 g/mol. The molecule has 6 heteroatoms. The van der Waals surface area contributed by atoms with Gasteiger partial charge < -0.3 is 14.4 Å². The summed E-state index contributed by atoms with van der Waals surface area (Å²) in [7, 11) is 1.26. The Hall–Kier alpha value is -2.55. The lowest BCUT2D eigenvalue weighted by molar-refractivity contribution is -0.147. The summed E-state index contributed by atoms with van der Waals surface area (Å²) < 4.78 is 9.84. The number of likely N-dealkylation sites (N-methyl/N-ethyl adjacent to an activating group) is 1. The van der Waals surface area contributed by atoms with Gasteiger partial charge in [0.05, 0.1) is 12.7 Å². The molecule has 1 aromatic carbocycles. The first kappa shape index (κ1) is 15.5. The Labute approximate surface area is 117 Å². The molecule has 0 unspecified atom stereocenters. The predicted octanol–water partition coefficient (Wildman–Crippen LogP) is 0.959. The standard InChI is InChI=1S/C14H16N2O4/c1-3-16(9-14(18)19-2)13(17)10-20-12-7-5-4-6-11(12)8-15/h4-7H,3,9-10H2,1-2H3. The second-order valence-electron chi connectivity index (χ2n) is 3.88. The molecule has 0 saturated heterocycles. The molecule has 0 aliphatic heterocycles. The van der Waals surface area contributed by atoms with Gasteiger partial charge in [-0.3, -0.25) is 9.59 Å². The smallest absolute Gasteiger partial charge is 0.325 e. The number of nitrogens with zero attached hydrogens (tertiary/aromatic N) is 2. The summed E-state index contributed by atoms with van der Waals surface area (Å²) in [6.07, 6.45) is 0. The normalized spacial score (nSPS) is 9.45. The number of nitriles is 1. The van der Waals surface area contributed by atoms with E-state index >= 15 is 0 Å². The summed E-state index contributed by atoms with van der Waals surface area (Å²) in [5, 5.41) is 8.90. The summed E-state index contributed by atoms with van der Waals surface area (Å²) in [6, 6.07) is 8.62. The molecule has 0 aromatic heterocycles. The van der Waals surface area contributed by atoms with Crippen molar-refractivity contribution in [2.45, 2.75) is 6.92 Å². The molecule has 0 N–H and O–H groups in total. The van der Waals surface area contributed by atoms with Gasteiger partial charge in [0.2, 0.25) is 0 Å². The Morgan fingerprint density at radius 2 is 2.05 bits per heavy atom. The van der Waals surface area contributed by atoms with Crippen LogP contribution in [0.5, 0.6) is 5.75 Å². The van der Waals surface area contributed by atoms with E-state index in [0.717, 1.165) is 0 Å². The lowest BCUT2D eigenvalue weighted by Gasteiger charge is -2.19. The summed E-state index contributed by atoms with van der Waals surface area (Å²) in [5.74, 6) is -0.485. The predicted molar refractivity (Wildman–Crippen MR) is 70.9 cm³/mol. The number of benzene rings is 1. The van der Waals surface area contributed by atoms with Crippen LogP contribution in [-0.4, -0.2) is 43.6 Å². The van der Waals surface area contributed by atoms with E-state index in [1.165, 1.54) is 12.0 Å². The second-order valence-corrected chi connectivity index (χ2v) is 3.88. The van der Waals surface area contributed by atoms with Crippen molar-refractivity contribution in [2.24, 2.45) is 0 Å². The first-order valence-electron chi connectivity index (χ1n) is 6.08. The molecule has 0 aliphatic rings. The number of carbonyl (C=O) groups excluding carboxylic acids is 2. The van der Waals surface area contributed by atoms with Crippen molar-refractivity contribution in [3.8, 4) is 11.8 Å². The zero-order valence-electron chi connectivity index (χ0n) is 11.5. The molecular weight excluding hydrogens is 260 g/mol. The van der Waals surface area contributed by atoms with Gasteiger partial charge in [0, 0.05) is 6.54 Å². The number of carbonyl (C=O) groups is 2. The van der Waals surface area contributed by atoms with E-state index in [4.69, 9.17) is 10.00 Å². The molecule has 0 fully saturated rings. The van der Waals surface area contributed by atoms with E-state index in [1.54, 1.807) is 31.2 Å². The molecule has 106 valence electrons. The molecule has 0 bridgehead atoms. The Morgan fingerprint density at radius 1 is 1.35 bits per heavy atom. The van der Waals surface area contributed by atoms with Crippen molar-refractivity contribution in [3.05, 3.63) is 29.8 Å². The minimum atomic E-state index is -0.488. The third-order valence-corrected chi connectivity index (χ3v) is 2.64. The lowest BCUT2D eigenvalue weighted by Crippen LogP contribution is -2.39. The number of methoxy groups -OCH3 is 1. The number of ether oxygens (including phenoxy) is 2. The molecular formula is C14H16N2O4. The van der Waals surface area contributed by atoms with Gasteiger partial charge in [0.15, 0.2) is 6.61 Å². The van der Waals surface area contributed by atoms with Crippen molar-refractivity contribution in [2.75, 3.05) is 26.8 Å². The molecule has 0 saturated carbocycles. The zero-order valence-corrected chi connectivity index (χ0v) is 11.5. The third kappa shape index (κ3) is 4.28. The number of rotatable bonds is 6. The Morgan fingerprint density at radius 3 is 2.65 bits per heavy atom. The van der Waals surface area contributed by atoms with Gasteiger partial charge in [0.25, 0.3) is 5.91 Å². The fourth-order valence-corrected chi connectivity index (χ4v) is 1.51. The van der Waals surface area contributed by atoms with Gasteiger partial charge in [-0.1, -0.05) is 12.1 Å². The van der Waals surface area contributed by atoms with Crippen LogP contribution in [0.1, 0.15) is 12.5 Å². The molecule has 0 radical (unpaired) electrons. The van der Waals surface area contributed by atoms with Gasteiger partial charge in [-0.15, -0.1) is 0 Å². The van der Waals surface area contributed by atoms with E-state index in [-0.39, 0.29) is 19.1 Å². The Kier molecular flexibility index (Phi) is 6.04. The van der Waals surface area contributed by atoms with Crippen molar-refractivity contribution < 1.29 is 19.1 Å². The maximum Gasteiger partial charge on any atom is 0.325 e. The van der Waals surface area contributed by atoms with Gasteiger partial charge in [-0.05, 0) is 19.1 Å². The SMILES string of the molecule is CCN(CC(=O)OC)C(=O)COc1ccccc1C#N. The van der Waals surface area contributed by atoms with Gasteiger partial charge in [-0.2, -0.15) is 5.26 Å². The molecule has 0 spiro atoms.